The number of carbonyl (C=O) groups is 1. The Bertz CT molecular complexity index is 924. The summed E-state index contributed by atoms with van der Waals surface area (Å²) in [5, 5.41) is 9.59. The van der Waals surface area contributed by atoms with Crippen molar-refractivity contribution >= 4 is 27.4 Å². The summed E-state index contributed by atoms with van der Waals surface area (Å²) in [5.41, 5.74) is 1.46. The molecule has 8 heteroatoms. The molecule has 0 aliphatic carbocycles. The van der Waals surface area contributed by atoms with Crippen molar-refractivity contribution in [1.82, 2.24) is 4.90 Å². The summed E-state index contributed by atoms with van der Waals surface area (Å²) in [6.45, 7) is 6.58. The van der Waals surface area contributed by atoms with Crippen LogP contribution in [0.2, 0.25) is 0 Å². The Hall–Kier alpha value is -2.58. The molecule has 1 aliphatic heterocycles. The molecule has 1 fully saturated rings. The number of carboxylic acid groups (broad SMARTS) is 1. The molecular formula is C20H25N3O4S. The Morgan fingerprint density at radius 2 is 1.75 bits per heavy atom. The van der Waals surface area contributed by atoms with E-state index in [0.717, 1.165) is 38.4 Å². The van der Waals surface area contributed by atoms with Crippen LogP contribution in [0.15, 0.2) is 48.5 Å². The first-order chi connectivity index (χ1) is 13.4. The predicted octanol–water partition coefficient (Wildman–Crippen LogP) is 2.47. The molecule has 2 N–H and O–H groups in total. The van der Waals surface area contributed by atoms with Crippen LogP contribution in [-0.2, 0) is 15.8 Å². The minimum absolute atomic E-state index is 0.0490. The largest absolute Gasteiger partial charge is 0.478 e. The summed E-state index contributed by atoms with van der Waals surface area (Å²) in [5.74, 6) is -1.38. The standard InChI is InChI=1S/C20H25N3O4S/c1-2-22-10-12-23(13-11-22)17-8-9-19(18(14-17)20(24)25)21-28(26,27)15-16-6-4-3-5-7-16/h3-9,14,21H,2,10-13,15H2,1H3,(H,24,25). The van der Waals surface area contributed by atoms with Gasteiger partial charge in [0.25, 0.3) is 0 Å². The van der Waals surface area contributed by atoms with Crippen LogP contribution in [0.5, 0.6) is 0 Å². The molecule has 0 saturated carbocycles. The van der Waals surface area contributed by atoms with E-state index < -0.39 is 16.0 Å². The van der Waals surface area contributed by atoms with Gasteiger partial charge in [-0.3, -0.25) is 4.72 Å². The van der Waals surface area contributed by atoms with Gasteiger partial charge in [-0.1, -0.05) is 37.3 Å². The molecular weight excluding hydrogens is 378 g/mol. The zero-order valence-electron chi connectivity index (χ0n) is 15.8. The molecule has 1 aliphatic rings. The molecule has 0 spiro atoms. The van der Waals surface area contributed by atoms with Crippen LogP contribution >= 0.6 is 0 Å². The Morgan fingerprint density at radius 1 is 1.07 bits per heavy atom. The first-order valence-corrected chi connectivity index (χ1v) is 10.9. The lowest BCUT2D eigenvalue weighted by atomic mass is 10.1. The van der Waals surface area contributed by atoms with E-state index in [2.05, 4.69) is 21.4 Å². The van der Waals surface area contributed by atoms with Crippen molar-refractivity contribution in [3.8, 4) is 0 Å². The van der Waals surface area contributed by atoms with E-state index in [1.54, 1.807) is 36.4 Å². The fourth-order valence-corrected chi connectivity index (χ4v) is 4.53. The van der Waals surface area contributed by atoms with E-state index in [1.807, 2.05) is 6.07 Å². The second-order valence-electron chi connectivity index (χ2n) is 6.80. The van der Waals surface area contributed by atoms with Crippen LogP contribution in [0.3, 0.4) is 0 Å². The van der Waals surface area contributed by atoms with Gasteiger partial charge in [-0.2, -0.15) is 0 Å². The van der Waals surface area contributed by atoms with Crippen LogP contribution in [0.25, 0.3) is 0 Å². The minimum atomic E-state index is -3.73. The lowest BCUT2D eigenvalue weighted by Crippen LogP contribution is -2.46. The smallest absolute Gasteiger partial charge is 0.337 e. The van der Waals surface area contributed by atoms with Crippen molar-refractivity contribution in [1.29, 1.82) is 0 Å². The third-order valence-electron chi connectivity index (χ3n) is 4.88. The lowest BCUT2D eigenvalue weighted by molar-refractivity contribution is 0.0698. The zero-order valence-corrected chi connectivity index (χ0v) is 16.7. The Labute approximate surface area is 165 Å². The second-order valence-corrected chi connectivity index (χ2v) is 8.53. The van der Waals surface area contributed by atoms with Crippen molar-refractivity contribution in [2.75, 3.05) is 42.3 Å². The molecule has 0 atom stereocenters. The van der Waals surface area contributed by atoms with E-state index in [4.69, 9.17) is 0 Å². The maximum Gasteiger partial charge on any atom is 0.337 e. The number of anilines is 2. The van der Waals surface area contributed by atoms with Crippen molar-refractivity contribution in [3.63, 3.8) is 0 Å². The van der Waals surface area contributed by atoms with Gasteiger partial charge in [-0.05, 0) is 30.3 Å². The predicted molar refractivity (Wildman–Crippen MR) is 110 cm³/mol. The molecule has 0 bridgehead atoms. The molecule has 0 unspecified atom stereocenters. The molecule has 28 heavy (non-hydrogen) atoms. The number of sulfonamides is 1. The highest BCUT2D eigenvalue weighted by Crippen LogP contribution is 2.26. The number of benzene rings is 2. The van der Waals surface area contributed by atoms with E-state index in [-0.39, 0.29) is 17.0 Å². The third kappa shape index (κ3) is 5.02. The summed E-state index contributed by atoms with van der Waals surface area (Å²) < 4.78 is 27.4. The quantitative estimate of drug-likeness (QED) is 0.738. The highest BCUT2D eigenvalue weighted by atomic mass is 32.2. The zero-order chi connectivity index (χ0) is 20.1. The van der Waals surface area contributed by atoms with E-state index in [9.17, 15) is 18.3 Å². The van der Waals surface area contributed by atoms with Crippen molar-refractivity contribution in [2.45, 2.75) is 12.7 Å². The van der Waals surface area contributed by atoms with Gasteiger partial charge in [-0.25, -0.2) is 13.2 Å². The second kappa shape index (κ2) is 8.62. The van der Waals surface area contributed by atoms with Crippen LogP contribution in [0, 0.1) is 0 Å². The molecule has 150 valence electrons. The topological polar surface area (TPSA) is 90.0 Å². The molecule has 0 aromatic heterocycles. The van der Waals surface area contributed by atoms with Crippen molar-refractivity contribution < 1.29 is 18.3 Å². The first-order valence-electron chi connectivity index (χ1n) is 9.27. The SMILES string of the molecule is CCN1CCN(c2ccc(NS(=O)(=O)Cc3ccccc3)c(C(=O)O)c2)CC1. The summed E-state index contributed by atoms with van der Waals surface area (Å²) in [4.78, 5) is 16.2. The molecule has 7 nitrogen and oxygen atoms in total. The third-order valence-corrected chi connectivity index (χ3v) is 6.13. The minimum Gasteiger partial charge on any atom is -0.478 e. The molecule has 2 aromatic carbocycles. The van der Waals surface area contributed by atoms with Gasteiger partial charge in [-0.15, -0.1) is 0 Å². The van der Waals surface area contributed by atoms with E-state index >= 15 is 0 Å². The highest BCUT2D eigenvalue weighted by Gasteiger charge is 2.21. The molecule has 0 amide bonds. The number of rotatable bonds is 7. The summed E-state index contributed by atoms with van der Waals surface area (Å²) in [6.07, 6.45) is 0. The van der Waals surface area contributed by atoms with Gasteiger partial charge in [0.05, 0.1) is 17.0 Å². The maximum absolute atomic E-state index is 12.5. The molecule has 0 radical (unpaired) electrons. The summed E-state index contributed by atoms with van der Waals surface area (Å²) in [6, 6.07) is 13.6. The fraction of sp³-hybridized carbons (Fsp3) is 0.350. The normalized spacial score (nSPS) is 15.4. The number of carboxylic acids is 1. The maximum atomic E-state index is 12.5. The van der Waals surface area contributed by atoms with Crippen LogP contribution < -0.4 is 9.62 Å². The van der Waals surface area contributed by atoms with E-state index in [1.165, 1.54) is 6.07 Å². The van der Waals surface area contributed by atoms with Gasteiger partial charge in [0.15, 0.2) is 0 Å². The number of likely N-dealkylation sites (N-methyl/N-ethyl adjacent to an activating group) is 1. The molecule has 1 saturated heterocycles. The number of hydrogen-bond acceptors (Lipinski definition) is 5. The van der Waals surface area contributed by atoms with Crippen LogP contribution in [0.1, 0.15) is 22.8 Å². The van der Waals surface area contributed by atoms with E-state index in [0.29, 0.717) is 5.56 Å². The monoisotopic (exact) mass is 403 g/mol. The Kier molecular flexibility index (Phi) is 6.21. The summed E-state index contributed by atoms with van der Waals surface area (Å²) in [7, 11) is -3.73. The van der Waals surface area contributed by atoms with Gasteiger partial charge in [0.2, 0.25) is 10.0 Å². The lowest BCUT2D eigenvalue weighted by Gasteiger charge is -2.35. The number of nitrogens with zero attached hydrogens (tertiary/aromatic N) is 2. The fourth-order valence-electron chi connectivity index (χ4n) is 3.31. The van der Waals surface area contributed by atoms with Crippen molar-refractivity contribution in [3.05, 3.63) is 59.7 Å². The number of aromatic carboxylic acids is 1. The molecule has 3 rings (SSSR count). The first kappa shape index (κ1) is 20.2. The highest BCUT2D eigenvalue weighted by molar-refractivity contribution is 7.91. The van der Waals surface area contributed by atoms with Crippen molar-refractivity contribution in [2.24, 2.45) is 0 Å². The molecule has 2 aromatic rings. The molecule has 1 heterocycles. The van der Waals surface area contributed by atoms with Gasteiger partial charge >= 0.3 is 5.97 Å². The Balaban J connectivity index is 1.79. The average molecular weight is 404 g/mol. The van der Waals surface area contributed by atoms with Crippen LogP contribution in [0.4, 0.5) is 11.4 Å². The number of nitrogens with one attached hydrogen (secondary N) is 1. The van der Waals surface area contributed by atoms with Gasteiger partial charge in [0.1, 0.15) is 0 Å². The van der Waals surface area contributed by atoms with Gasteiger partial charge < -0.3 is 14.9 Å². The number of hydrogen-bond donors (Lipinski definition) is 2. The van der Waals surface area contributed by atoms with Crippen LogP contribution in [-0.4, -0.2) is 57.1 Å². The Morgan fingerprint density at radius 3 is 2.36 bits per heavy atom. The average Bonchev–Trinajstić information content (AvgIpc) is 2.68. The summed E-state index contributed by atoms with van der Waals surface area (Å²) >= 11 is 0. The van der Waals surface area contributed by atoms with Gasteiger partial charge in [0, 0.05) is 31.9 Å². The number of piperazine rings is 1.